The van der Waals surface area contributed by atoms with Crippen molar-refractivity contribution >= 4 is 27.5 Å². The molecule has 0 aromatic carbocycles. The number of carbonyl (C=O) groups excluding carboxylic acids is 1. The van der Waals surface area contributed by atoms with Gasteiger partial charge in [-0.15, -0.1) is 11.3 Å². The fourth-order valence-electron chi connectivity index (χ4n) is 4.06. The number of likely N-dealkylation sites (tertiary alicyclic amines) is 1. The second-order valence-corrected chi connectivity index (χ2v) is 8.83. The van der Waals surface area contributed by atoms with Crippen molar-refractivity contribution in [3.05, 3.63) is 22.0 Å². The fraction of sp³-hybridized carbons (Fsp3) is 0.632. The van der Waals surface area contributed by atoms with Crippen LogP contribution in [0.1, 0.15) is 65.8 Å². The van der Waals surface area contributed by atoms with Gasteiger partial charge in [0.1, 0.15) is 10.7 Å². The first-order valence-electron chi connectivity index (χ1n) is 9.01. The van der Waals surface area contributed by atoms with E-state index in [9.17, 15) is 4.79 Å². The van der Waals surface area contributed by atoms with E-state index in [0.29, 0.717) is 17.8 Å². The Labute approximate surface area is 147 Å². The van der Waals surface area contributed by atoms with E-state index >= 15 is 0 Å². The molecule has 24 heavy (non-hydrogen) atoms. The zero-order chi connectivity index (χ0) is 17.0. The van der Waals surface area contributed by atoms with Gasteiger partial charge in [-0.1, -0.05) is 13.8 Å². The van der Waals surface area contributed by atoms with E-state index in [1.807, 2.05) is 4.90 Å². The molecule has 2 aliphatic rings. The maximum atomic E-state index is 13.1. The van der Waals surface area contributed by atoms with Crippen LogP contribution >= 0.6 is 11.3 Å². The summed E-state index contributed by atoms with van der Waals surface area (Å²) in [6.45, 7) is 10.3. The normalized spacial score (nSPS) is 24.6. The number of amides is 1. The Morgan fingerprint density at radius 2 is 1.79 bits per heavy atom. The molecule has 2 aromatic rings. The van der Waals surface area contributed by atoms with Crippen molar-refractivity contribution in [1.82, 2.24) is 14.9 Å². The van der Waals surface area contributed by atoms with E-state index in [1.54, 1.807) is 11.3 Å². The molecule has 0 bridgehead atoms. The first-order valence-corrected chi connectivity index (χ1v) is 9.82. The number of hydrogen-bond acceptors (Lipinski definition) is 4. The van der Waals surface area contributed by atoms with Crippen molar-refractivity contribution in [1.29, 1.82) is 0 Å². The molecular weight excluding hydrogens is 318 g/mol. The molecule has 128 valence electrons. The van der Waals surface area contributed by atoms with E-state index in [4.69, 9.17) is 9.97 Å². The van der Waals surface area contributed by atoms with Crippen molar-refractivity contribution in [3.63, 3.8) is 0 Å². The first kappa shape index (κ1) is 16.0. The number of fused-ring (bicyclic) bond motifs is 1. The highest BCUT2D eigenvalue weighted by atomic mass is 32.1. The van der Waals surface area contributed by atoms with E-state index in [1.165, 1.54) is 19.3 Å². The van der Waals surface area contributed by atoms with Crippen LogP contribution in [0.3, 0.4) is 0 Å². The molecule has 0 spiro atoms. The summed E-state index contributed by atoms with van der Waals surface area (Å²) in [5.41, 5.74) is 2.08. The number of hydrogen-bond donors (Lipinski definition) is 0. The van der Waals surface area contributed by atoms with Crippen LogP contribution in [-0.4, -0.2) is 33.9 Å². The Kier molecular flexibility index (Phi) is 3.87. The average Bonchev–Trinajstić information content (AvgIpc) is 3.30. The summed E-state index contributed by atoms with van der Waals surface area (Å²) < 4.78 is 0. The highest BCUT2D eigenvalue weighted by Gasteiger charge is 2.31. The highest BCUT2D eigenvalue weighted by Crippen LogP contribution is 2.40. The van der Waals surface area contributed by atoms with Crippen LogP contribution in [0.2, 0.25) is 0 Å². The topological polar surface area (TPSA) is 46.1 Å². The molecule has 1 amide bonds. The monoisotopic (exact) mass is 343 g/mol. The van der Waals surface area contributed by atoms with E-state index in [2.05, 4.69) is 27.7 Å². The summed E-state index contributed by atoms with van der Waals surface area (Å²) >= 11 is 1.56. The molecule has 1 aliphatic carbocycles. The Bertz CT molecular complexity index is 799. The minimum absolute atomic E-state index is 0.182. The number of aromatic nitrogens is 2. The summed E-state index contributed by atoms with van der Waals surface area (Å²) in [6.07, 6.45) is 3.61. The first-order chi connectivity index (χ1) is 11.4. The predicted molar refractivity (Wildman–Crippen MR) is 97.7 cm³/mol. The number of piperidine rings is 1. The zero-order valence-corrected chi connectivity index (χ0v) is 15.7. The van der Waals surface area contributed by atoms with Crippen LogP contribution < -0.4 is 0 Å². The molecule has 2 fully saturated rings. The lowest BCUT2D eigenvalue weighted by Crippen LogP contribution is -2.42. The van der Waals surface area contributed by atoms with E-state index in [-0.39, 0.29) is 5.91 Å². The lowest BCUT2D eigenvalue weighted by atomic mass is 9.92. The Hall–Kier alpha value is -1.49. The van der Waals surface area contributed by atoms with Gasteiger partial charge in [0, 0.05) is 24.4 Å². The van der Waals surface area contributed by atoms with Gasteiger partial charge in [0.2, 0.25) is 0 Å². The molecule has 3 heterocycles. The van der Waals surface area contributed by atoms with Crippen molar-refractivity contribution in [2.45, 2.75) is 52.9 Å². The van der Waals surface area contributed by atoms with Gasteiger partial charge in [-0.2, -0.15) is 0 Å². The number of thiophene rings is 1. The van der Waals surface area contributed by atoms with Gasteiger partial charge in [-0.3, -0.25) is 4.79 Å². The SMILES string of the molecule is Cc1nc(C2CC2)nc2sc(C(=O)N3CC(C)CC(C)C3)c(C)c12. The molecule has 5 heteroatoms. The number of carbonyl (C=O) groups is 1. The third kappa shape index (κ3) is 2.73. The molecule has 1 aliphatic heterocycles. The molecule has 4 nitrogen and oxygen atoms in total. The molecule has 2 unspecified atom stereocenters. The number of aryl methyl sites for hydroxylation is 2. The van der Waals surface area contributed by atoms with E-state index in [0.717, 1.165) is 45.3 Å². The third-order valence-corrected chi connectivity index (χ3v) is 6.45. The second-order valence-electron chi connectivity index (χ2n) is 7.83. The van der Waals surface area contributed by atoms with Crippen LogP contribution in [0.15, 0.2) is 0 Å². The summed E-state index contributed by atoms with van der Waals surface area (Å²) in [6, 6.07) is 0. The average molecular weight is 343 g/mol. The smallest absolute Gasteiger partial charge is 0.264 e. The van der Waals surface area contributed by atoms with Gasteiger partial charge in [0.25, 0.3) is 5.91 Å². The van der Waals surface area contributed by atoms with Crippen molar-refractivity contribution in [2.24, 2.45) is 11.8 Å². The Morgan fingerprint density at radius 1 is 1.12 bits per heavy atom. The Morgan fingerprint density at radius 3 is 2.42 bits per heavy atom. The predicted octanol–water partition coefficient (Wildman–Crippen LogP) is 4.30. The number of rotatable bonds is 2. The highest BCUT2D eigenvalue weighted by molar-refractivity contribution is 7.20. The summed E-state index contributed by atoms with van der Waals surface area (Å²) in [4.78, 5) is 26.5. The van der Waals surface area contributed by atoms with Gasteiger partial charge in [0.05, 0.1) is 10.6 Å². The maximum Gasteiger partial charge on any atom is 0.264 e. The second kappa shape index (κ2) is 5.80. The lowest BCUT2D eigenvalue weighted by Gasteiger charge is -2.34. The molecule has 1 saturated carbocycles. The standard InChI is InChI=1S/C19H25N3OS/c1-10-7-11(2)9-22(8-10)19(23)16-12(3)15-13(4)20-17(14-5-6-14)21-18(15)24-16/h10-11,14H,5-9H2,1-4H3. The molecule has 0 radical (unpaired) electrons. The van der Waals surface area contributed by atoms with Gasteiger partial charge in [-0.25, -0.2) is 9.97 Å². The molecule has 0 N–H and O–H groups in total. The summed E-state index contributed by atoms with van der Waals surface area (Å²) in [7, 11) is 0. The van der Waals surface area contributed by atoms with Crippen LogP contribution in [0.25, 0.3) is 10.2 Å². The summed E-state index contributed by atoms with van der Waals surface area (Å²) in [5.74, 6) is 2.85. The molecular formula is C19H25N3OS. The maximum absolute atomic E-state index is 13.1. The van der Waals surface area contributed by atoms with Gasteiger partial charge in [0.15, 0.2) is 0 Å². The molecule has 4 rings (SSSR count). The van der Waals surface area contributed by atoms with Crippen LogP contribution in [0, 0.1) is 25.7 Å². The van der Waals surface area contributed by atoms with Crippen molar-refractivity contribution in [2.75, 3.05) is 13.1 Å². The van der Waals surface area contributed by atoms with Crippen molar-refractivity contribution < 1.29 is 4.79 Å². The fourth-order valence-corrected chi connectivity index (χ4v) is 5.27. The Balaban J connectivity index is 1.72. The largest absolute Gasteiger partial charge is 0.337 e. The quantitative estimate of drug-likeness (QED) is 0.816. The molecule has 2 aromatic heterocycles. The third-order valence-electron chi connectivity index (χ3n) is 5.28. The van der Waals surface area contributed by atoms with Crippen LogP contribution in [0.4, 0.5) is 0 Å². The minimum Gasteiger partial charge on any atom is -0.337 e. The van der Waals surface area contributed by atoms with E-state index < -0.39 is 0 Å². The molecule has 1 saturated heterocycles. The lowest BCUT2D eigenvalue weighted by molar-refractivity contribution is 0.0627. The molecule has 2 atom stereocenters. The minimum atomic E-state index is 0.182. The van der Waals surface area contributed by atoms with Crippen molar-refractivity contribution in [3.8, 4) is 0 Å². The summed E-state index contributed by atoms with van der Waals surface area (Å²) in [5, 5.41) is 1.09. The zero-order valence-electron chi connectivity index (χ0n) is 14.9. The van der Waals surface area contributed by atoms with Gasteiger partial charge >= 0.3 is 0 Å². The van der Waals surface area contributed by atoms with Crippen LogP contribution in [0.5, 0.6) is 0 Å². The number of nitrogens with zero attached hydrogens (tertiary/aromatic N) is 3. The van der Waals surface area contributed by atoms with Gasteiger partial charge < -0.3 is 4.90 Å². The van der Waals surface area contributed by atoms with Crippen LogP contribution in [-0.2, 0) is 0 Å². The van der Waals surface area contributed by atoms with Gasteiger partial charge in [-0.05, 0) is 50.5 Å².